The minimum atomic E-state index is -5.54. The summed E-state index contributed by atoms with van der Waals surface area (Å²) in [5.74, 6) is -6.62. The molecule has 0 bridgehead atoms. The van der Waals surface area contributed by atoms with Gasteiger partial charge >= 0.3 is 12.1 Å². The zero-order valence-corrected chi connectivity index (χ0v) is 7.07. The molecule has 0 aliphatic rings. The molecule has 1 aromatic rings. The fraction of sp³-hybridized carbons (Fsp3) is 0.200. The van der Waals surface area contributed by atoms with Crippen molar-refractivity contribution in [3.63, 3.8) is 0 Å². The molecule has 0 N–H and O–H groups in total. The predicted octanol–water partition coefficient (Wildman–Crippen LogP) is 1.81. The third-order valence-electron chi connectivity index (χ3n) is 1.27. The molecular weight excluding hydrogens is 243 g/mol. The molecule has 16 heavy (non-hydrogen) atoms. The van der Waals surface area contributed by atoms with Gasteiger partial charge in [0.2, 0.25) is 6.33 Å². The summed E-state index contributed by atoms with van der Waals surface area (Å²) in [7, 11) is 0. The topological polar surface area (TPSA) is 73.8 Å². The molecule has 1 aromatic heterocycles. The zero-order chi connectivity index (χ0) is 12.5. The second-order valence-corrected chi connectivity index (χ2v) is 2.35. The maximum absolute atomic E-state index is 12.7. The Hall–Kier alpha value is -2.07. The molecule has 1 heterocycles. The molecule has 11 heteroatoms. The summed E-state index contributed by atoms with van der Waals surface area (Å²) in [6.45, 7) is 0. The Morgan fingerprint density at radius 2 is 2.00 bits per heavy atom. The van der Waals surface area contributed by atoms with Gasteiger partial charge in [0, 0.05) is 5.10 Å². The largest absolute Gasteiger partial charge is 0.491 e. The summed E-state index contributed by atoms with van der Waals surface area (Å²) >= 11 is 0. The first-order chi connectivity index (χ1) is 7.23. The summed E-state index contributed by atoms with van der Waals surface area (Å²) < 4.78 is 59.8. The van der Waals surface area contributed by atoms with E-state index in [1.165, 1.54) is 0 Å². The van der Waals surface area contributed by atoms with Crippen molar-refractivity contribution >= 4 is 11.9 Å². The number of nitrogens with zero attached hydrogens (tertiary/aromatic N) is 4. The van der Waals surface area contributed by atoms with Crippen LogP contribution in [-0.2, 0) is 0 Å². The average Bonchev–Trinajstić information content (AvgIpc) is 2.62. The number of halogens is 5. The van der Waals surface area contributed by atoms with E-state index in [-0.39, 0.29) is 11.0 Å². The van der Waals surface area contributed by atoms with E-state index in [0.29, 0.717) is 0 Å². The zero-order valence-electron chi connectivity index (χ0n) is 7.07. The van der Waals surface area contributed by atoms with Crippen molar-refractivity contribution < 1.29 is 26.9 Å². The van der Waals surface area contributed by atoms with Crippen LogP contribution < -0.4 is 0 Å². The van der Waals surface area contributed by atoms with Crippen LogP contribution in [0.15, 0.2) is 12.2 Å². The van der Waals surface area contributed by atoms with E-state index in [1.54, 1.807) is 0 Å². The maximum atomic E-state index is 12.7. The van der Waals surface area contributed by atoms with Gasteiger partial charge in [-0.15, -0.1) is 4.68 Å². The number of hydrogen-bond donors (Lipinski definition) is 0. The van der Waals surface area contributed by atoms with Gasteiger partial charge in [0.1, 0.15) is 0 Å². The molecule has 0 saturated carbocycles. The van der Waals surface area contributed by atoms with Gasteiger partial charge in [-0.2, -0.15) is 22.0 Å². The number of alkyl halides is 3. The molecule has 0 spiro atoms. The number of aromatic nitrogens is 3. The molecule has 0 atom stereocenters. The highest BCUT2D eigenvalue weighted by Gasteiger charge is 2.40. The molecule has 0 amide bonds. The highest BCUT2D eigenvalue weighted by atomic mass is 19.4. The molecule has 0 fully saturated rings. The lowest BCUT2D eigenvalue weighted by Crippen LogP contribution is -2.11. The van der Waals surface area contributed by atoms with Crippen LogP contribution in [0, 0.1) is 10.1 Å². The van der Waals surface area contributed by atoms with Crippen LogP contribution in [0.5, 0.6) is 0 Å². The Kier molecular flexibility index (Phi) is 2.87. The Morgan fingerprint density at radius 3 is 2.38 bits per heavy atom. The molecule has 88 valence electrons. The van der Waals surface area contributed by atoms with Crippen molar-refractivity contribution in [1.29, 1.82) is 0 Å². The van der Waals surface area contributed by atoms with Gasteiger partial charge in [0.05, 0.1) is 0 Å². The summed E-state index contributed by atoms with van der Waals surface area (Å²) in [6.07, 6.45) is -5.29. The van der Waals surface area contributed by atoms with E-state index in [0.717, 1.165) is 0 Å². The third kappa shape index (κ3) is 2.29. The summed E-state index contributed by atoms with van der Waals surface area (Å²) in [5, 5.41) is 12.7. The Balaban J connectivity index is 3.14. The van der Waals surface area contributed by atoms with Crippen LogP contribution in [0.25, 0.3) is 5.95 Å². The predicted molar refractivity (Wildman–Crippen MR) is 38.2 cm³/mol. The van der Waals surface area contributed by atoms with Crippen LogP contribution in [-0.4, -0.2) is 25.9 Å². The first-order valence-electron chi connectivity index (χ1n) is 3.42. The number of hydrogen-bond acceptors (Lipinski definition) is 4. The number of allylic oxidation sites excluding steroid dienone is 1. The van der Waals surface area contributed by atoms with Gasteiger partial charge in [0.15, 0.2) is 0 Å². The van der Waals surface area contributed by atoms with E-state index < -0.39 is 28.8 Å². The van der Waals surface area contributed by atoms with Crippen LogP contribution in [0.1, 0.15) is 0 Å². The molecule has 1 rings (SSSR count). The molecule has 0 radical (unpaired) electrons. The molecule has 0 aromatic carbocycles. The molecule has 0 unspecified atom stereocenters. The second-order valence-electron chi connectivity index (χ2n) is 2.35. The van der Waals surface area contributed by atoms with Gasteiger partial charge in [0.25, 0.3) is 11.8 Å². The number of rotatable bonds is 2. The fourth-order valence-electron chi connectivity index (χ4n) is 0.650. The van der Waals surface area contributed by atoms with Crippen molar-refractivity contribution in [2.24, 2.45) is 0 Å². The van der Waals surface area contributed by atoms with Crippen molar-refractivity contribution in [3.05, 3.63) is 22.3 Å². The standard InChI is InChI=1S/C5HF5N4O2/c6-2(5(8,9)10)3(7)13-1-11-4(12-13)14(15)16/h1H. The Labute approximate surface area is 83.1 Å². The Morgan fingerprint density at radius 1 is 1.44 bits per heavy atom. The van der Waals surface area contributed by atoms with Crippen molar-refractivity contribution in [1.82, 2.24) is 14.8 Å². The smallest absolute Gasteiger partial charge is 0.390 e. The van der Waals surface area contributed by atoms with E-state index in [2.05, 4.69) is 10.1 Å². The monoisotopic (exact) mass is 244 g/mol. The molecule has 0 saturated heterocycles. The van der Waals surface area contributed by atoms with Crippen molar-refractivity contribution in [2.45, 2.75) is 6.18 Å². The van der Waals surface area contributed by atoms with Gasteiger partial charge < -0.3 is 10.1 Å². The van der Waals surface area contributed by atoms with Gasteiger partial charge in [-0.05, 0) is 4.92 Å². The summed E-state index contributed by atoms with van der Waals surface area (Å²) in [4.78, 5) is 11.7. The van der Waals surface area contributed by atoms with Crippen LogP contribution >= 0.6 is 0 Å². The first-order valence-corrected chi connectivity index (χ1v) is 3.42. The second kappa shape index (κ2) is 3.83. The fourth-order valence-corrected chi connectivity index (χ4v) is 0.650. The lowest BCUT2D eigenvalue weighted by molar-refractivity contribution is -0.394. The normalized spacial score (nSPS) is 13.6. The Bertz CT molecular complexity index is 450. The van der Waals surface area contributed by atoms with Crippen LogP contribution in [0.2, 0.25) is 0 Å². The summed E-state index contributed by atoms with van der Waals surface area (Å²) in [5.41, 5.74) is 0. The van der Waals surface area contributed by atoms with Crippen molar-refractivity contribution in [3.8, 4) is 0 Å². The van der Waals surface area contributed by atoms with Crippen LogP contribution in [0.3, 0.4) is 0 Å². The van der Waals surface area contributed by atoms with Gasteiger partial charge in [-0.25, -0.2) is 0 Å². The minimum Gasteiger partial charge on any atom is -0.390 e. The summed E-state index contributed by atoms with van der Waals surface area (Å²) in [6, 6.07) is 0. The molecule has 6 nitrogen and oxygen atoms in total. The molecule has 0 aliphatic heterocycles. The van der Waals surface area contributed by atoms with E-state index in [1.807, 2.05) is 0 Å². The van der Waals surface area contributed by atoms with Gasteiger partial charge in [-0.3, -0.25) is 0 Å². The highest BCUT2D eigenvalue weighted by Crippen LogP contribution is 2.31. The van der Waals surface area contributed by atoms with E-state index in [4.69, 9.17) is 0 Å². The highest BCUT2D eigenvalue weighted by molar-refractivity contribution is 5.39. The lowest BCUT2D eigenvalue weighted by Gasteiger charge is -2.02. The molecule has 0 aliphatic carbocycles. The van der Waals surface area contributed by atoms with E-state index in [9.17, 15) is 32.1 Å². The number of nitro groups is 1. The third-order valence-corrected chi connectivity index (χ3v) is 1.27. The molecular formula is C5HF5N4O2. The quantitative estimate of drug-likeness (QED) is 0.451. The van der Waals surface area contributed by atoms with Gasteiger partial charge in [-0.1, -0.05) is 4.98 Å². The minimum absolute atomic E-state index is 0.249. The SMILES string of the molecule is O=[N+]([O-])c1ncn(C(F)=C(F)C(F)(F)F)n1. The van der Waals surface area contributed by atoms with E-state index >= 15 is 0 Å². The maximum Gasteiger partial charge on any atom is 0.491 e. The lowest BCUT2D eigenvalue weighted by atomic mass is 10.5. The first kappa shape index (κ1) is 12.0. The average molecular weight is 244 g/mol. The van der Waals surface area contributed by atoms with Crippen LogP contribution in [0.4, 0.5) is 27.9 Å². The van der Waals surface area contributed by atoms with Crippen molar-refractivity contribution in [2.75, 3.05) is 0 Å².